The topological polar surface area (TPSA) is 165 Å². The summed E-state index contributed by atoms with van der Waals surface area (Å²) >= 11 is 0. The van der Waals surface area contributed by atoms with E-state index in [9.17, 15) is 34.8 Å². The minimum atomic E-state index is -2.67. The van der Waals surface area contributed by atoms with Gasteiger partial charge in [-0.05, 0) is 73.2 Å². The summed E-state index contributed by atoms with van der Waals surface area (Å²) in [5.74, 6) is -6.61. The Bertz CT molecular complexity index is 1630. The molecule has 1 amide bonds. The van der Waals surface area contributed by atoms with Crippen LogP contribution in [0.15, 0.2) is 53.0 Å². The molecule has 228 valence electrons. The van der Waals surface area contributed by atoms with Gasteiger partial charge in [-0.25, -0.2) is 0 Å². The number of anilines is 1. The summed E-state index contributed by atoms with van der Waals surface area (Å²) < 4.78 is 0. The van der Waals surface area contributed by atoms with E-state index in [1.165, 1.54) is 4.90 Å². The number of fused-ring (bicyclic) bond motifs is 3. The molecule has 0 fully saturated rings. The van der Waals surface area contributed by atoms with Gasteiger partial charge in [0.25, 0.3) is 5.91 Å². The van der Waals surface area contributed by atoms with Crippen molar-refractivity contribution in [1.82, 2.24) is 4.90 Å². The molecule has 6 N–H and O–H groups in total. The van der Waals surface area contributed by atoms with Crippen LogP contribution in [0.3, 0.4) is 0 Å². The summed E-state index contributed by atoms with van der Waals surface area (Å²) in [6.45, 7) is 5.75. The Hall–Kier alpha value is -4.15. The Labute approximate surface area is 250 Å². The number of primary amides is 1. The summed E-state index contributed by atoms with van der Waals surface area (Å²) in [5.41, 5.74) is 4.94. The molecule has 43 heavy (non-hydrogen) atoms. The molecule has 4 unspecified atom stereocenters. The van der Waals surface area contributed by atoms with Gasteiger partial charge in [-0.1, -0.05) is 32.9 Å². The first-order valence-corrected chi connectivity index (χ1v) is 14.2. The number of likely N-dealkylation sites (N-methyl/N-ethyl adjacent to an activating group) is 1. The van der Waals surface area contributed by atoms with Gasteiger partial charge >= 0.3 is 0 Å². The fourth-order valence-corrected chi connectivity index (χ4v) is 7.09. The quantitative estimate of drug-likeness (QED) is 0.337. The molecular formula is C33H39N3O7. The maximum absolute atomic E-state index is 14.3. The number of rotatable bonds is 4. The molecule has 10 heteroatoms. The van der Waals surface area contributed by atoms with Crippen molar-refractivity contribution in [2.45, 2.75) is 50.7 Å². The number of aromatic hydroxyl groups is 1. The number of aliphatic hydroxyl groups excluding tert-OH is 2. The second kappa shape index (κ2) is 9.96. The van der Waals surface area contributed by atoms with Crippen LogP contribution >= 0.6 is 0 Å². The third-order valence-electron chi connectivity index (χ3n) is 9.23. The molecule has 0 aromatic heterocycles. The Morgan fingerprint density at radius 2 is 1.63 bits per heavy atom. The highest BCUT2D eigenvalue weighted by Gasteiger charge is 2.63. The van der Waals surface area contributed by atoms with Crippen molar-refractivity contribution in [3.63, 3.8) is 0 Å². The summed E-state index contributed by atoms with van der Waals surface area (Å²) in [4.78, 5) is 43.6. The molecule has 4 atom stereocenters. The van der Waals surface area contributed by atoms with Crippen molar-refractivity contribution in [2.75, 3.05) is 33.1 Å². The van der Waals surface area contributed by atoms with Gasteiger partial charge in [-0.15, -0.1) is 0 Å². The SMILES string of the molecule is CN(C)c1ccc(-c2cc(C(C)(C)C)c(O)c3c2CC2CC4C(N(C)C)C(O)=C(C(N)=O)C(=O)C4(O)C(O)=C2C3=O)cc1. The minimum Gasteiger partial charge on any atom is -0.510 e. The third-order valence-corrected chi connectivity index (χ3v) is 9.23. The van der Waals surface area contributed by atoms with Crippen LogP contribution in [0, 0.1) is 11.8 Å². The monoisotopic (exact) mass is 589 g/mol. The van der Waals surface area contributed by atoms with Crippen molar-refractivity contribution in [3.8, 4) is 16.9 Å². The number of ketones is 2. The molecule has 0 aliphatic heterocycles. The summed E-state index contributed by atoms with van der Waals surface area (Å²) in [7, 11) is 7.09. The van der Waals surface area contributed by atoms with E-state index in [0.29, 0.717) is 11.1 Å². The summed E-state index contributed by atoms with van der Waals surface area (Å²) in [6, 6.07) is 8.71. The number of allylic oxidation sites excluding steroid dienone is 1. The molecule has 2 aromatic rings. The highest BCUT2D eigenvalue weighted by Crippen LogP contribution is 2.54. The zero-order valence-corrected chi connectivity index (χ0v) is 25.5. The fourth-order valence-electron chi connectivity index (χ4n) is 7.09. The largest absolute Gasteiger partial charge is 0.510 e. The fraction of sp³-hybridized carbons (Fsp3) is 0.424. The number of amides is 1. The van der Waals surface area contributed by atoms with E-state index >= 15 is 0 Å². The second-order valence-corrected chi connectivity index (χ2v) is 13.3. The van der Waals surface area contributed by atoms with Crippen molar-refractivity contribution in [2.24, 2.45) is 17.6 Å². The first-order valence-electron chi connectivity index (χ1n) is 14.2. The highest BCUT2D eigenvalue weighted by atomic mass is 16.3. The lowest BCUT2D eigenvalue weighted by Crippen LogP contribution is -2.63. The number of Topliss-reactive ketones (excluding diaryl/α,β-unsaturated/α-hetero) is 2. The van der Waals surface area contributed by atoms with Crippen LogP contribution < -0.4 is 10.6 Å². The van der Waals surface area contributed by atoms with Crippen LogP contribution in [0.1, 0.15) is 48.7 Å². The molecular weight excluding hydrogens is 550 g/mol. The molecule has 3 aliphatic carbocycles. The normalized spacial score (nSPS) is 25.5. The van der Waals surface area contributed by atoms with E-state index in [1.54, 1.807) is 14.1 Å². The number of nitrogens with zero attached hydrogens (tertiary/aromatic N) is 2. The van der Waals surface area contributed by atoms with Gasteiger partial charge in [0.05, 0.1) is 11.6 Å². The zero-order valence-electron chi connectivity index (χ0n) is 25.5. The van der Waals surface area contributed by atoms with Crippen molar-refractivity contribution < 1.29 is 34.8 Å². The Balaban J connectivity index is 1.77. The first kappa shape index (κ1) is 30.3. The average Bonchev–Trinajstić information content (AvgIpc) is 2.90. The number of benzene rings is 2. The smallest absolute Gasteiger partial charge is 0.255 e. The Kier molecular flexibility index (Phi) is 7.02. The number of hydrogen-bond acceptors (Lipinski definition) is 9. The molecule has 5 rings (SSSR count). The zero-order chi connectivity index (χ0) is 31.9. The van der Waals surface area contributed by atoms with E-state index in [1.807, 2.05) is 70.1 Å². The van der Waals surface area contributed by atoms with Crippen molar-refractivity contribution in [1.29, 1.82) is 0 Å². The van der Waals surface area contributed by atoms with Gasteiger partial charge in [0.2, 0.25) is 5.78 Å². The number of carbonyl (C=O) groups is 3. The summed E-state index contributed by atoms with van der Waals surface area (Å²) in [5, 5.41) is 46.1. The maximum atomic E-state index is 14.3. The van der Waals surface area contributed by atoms with Crippen LogP contribution in [0.4, 0.5) is 5.69 Å². The average molecular weight is 590 g/mol. The lowest BCUT2D eigenvalue weighted by Gasteiger charge is -2.50. The molecule has 0 radical (unpaired) electrons. The van der Waals surface area contributed by atoms with Crippen LogP contribution in [0.2, 0.25) is 0 Å². The molecule has 2 aromatic carbocycles. The number of nitrogens with two attached hydrogens (primary N) is 1. The molecule has 0 saturated heterocycles. The van der Waals surface area contributed by atoms with E-state index < -0.39 is 63.5 Å². The molecule has 0 saturated carbocycles. The molecule has 3 aliphatic rings. The minimum absolute atomic E-state index is 0.0138. The van der Waals surface area contributed by atoms with Gasteiger partial charge < -0.3 is 31.1 Å². The third kappa shape index (κ3) is 4.34. The van der Waals surface area contributed by atoms with Crippen LogP contribution in [-0.2, 0) is 21.4 Å². The number of phenolic OH excluding ortho intramolecular Hbond substituents is 1. The molecule has 0 spiro atoms. The van der Waals surface area contributed by atoms with Gasteiger partial charge in [-0.3, -0.25) is 19.3 Å². The number of hydrogen-bond donors (Lipinski definition) is 5. The van der Waals surface area contributed by atoms with E-state index in [4.69, 9.17) is 5.73 Å². The van der Waals surface area contributed by atoms with Crippen LogP contribution in [0.25, 0.3) is 11.1 Å². The van der Waals surface area contributed by atoms with E-state index in [-0.39, 0.29) is 29.7 Å². The molecule has 10 nitrogen and oxygen atoms in total. The van der Waals surface area contributed by atoms with Gasteiger partial charge in [0.15, 0.2) is 11.4 Å². The van der Waals surface area contributed by atoms with E-state index in [2.05, 4.69) is 0 Å². The van der Waals surface area contributed by atoms with E-state index in [0.717, 1.165) is 16.8 Å². The molecule has 0 bridgehead atoms. The van der Waals surface area contributed by atoms with Crippen molar-refractivity contribution in [3.05, 3.63) is 69.7 Å². The highest BCUT2D eigenvalue weighted by molar-refractivity contribution is 6.25. The lowest BCUT2D eigenvalue weighted by atomic mass is 9.58. The predicted octanol–water partition coefficient (Wildman–Crippen LogP) is 3.15. The lowest BCUT2D eigenvalue weighted by molar-refractivity contribution is -0.148. The summed E-state index contributed by atoms with van der Waals surface area (Å²) in [6.07, 6.45) is 0.254. The predicted molar refractivity (Wildman–Crippen MR) is 162 cm³/mol. The first-order chi connectivity index (χ1) is 19.9. The molecule has 0 heterocycles. The van der Waals surface area contributed by atoms with Crippen molar-refractivity contribution >= 4 is 23.2 Å². The number of phenols is 1. The number of aliphatic hydroxyl groups is 3. The van der Waals surface area contributed by atoms with Gasteiger partial charge in [0.1, 0.15) is 22.8 Å². The van der Waals surface area contributed by atoms with Crippen LogP contribution in [-0.4, -0.2) is 82.6 Å². The van der Waals surface area contributed by atoms with Gasteiger partial charge in [0, 0.05) is 36.8 Å². The van der Waals surface area contributed by atoms with Gasteiger partial charge in [-0.2, -0.15) is 0 Å². The van der Waals surface area contributed by atoms with Crippen LogP contribution in [0.5, 0.6) is 5.75 Å². The Morgan fingerprint density at radius 1 is 1.02 bits per heavy atom. The standard InChI is InChI=1S/C33H39N3O7/c1-32(2,3)21-14-18(15-8-10-17(11-9-15)35(4)5)19-12-16-13-20-25(36(6)7)28(39)24(31(34)42)30(41)33(20,43)29(40)22(16)27(38)23(19)26(21)37/h8-11,14,16,20,25,37,39-40,43H,12-13H2,1-7H3,(H2,34,42). The second-order valence-electron chi connectivity index (χ2n) is 13.3. The number of carbonyl (C=O) groups excluding carboxylic acids is 3. The Morgan fingerprint density at radius 3 is 2.14 bits per heavy atom. The maximum Gasteiger partial charge on any atom is 0.255 e.